The monoisotopic (exact) mass is 847 g/mol. The van der Waals surface area contributed by atoms with Gasteiger partial charge in [-0.25, -0.2) is 0 Å². The number of fused-ring (bicyclic) bond motifs is 4. The van der Waals surface area contributed by atoms with Gasteiger partial charge >= 0.3 is 0 Å². The Bertz CT molecular complexity index is 2220. The first-order valence-electron chi connectivity index (χ1n) is 24.5. The van der Waals surface area contributed by atoms with Gasteiger partial charge in [0.15, 0.2) is 5.78 Å². The van der Waals surface area contributed by atoms with Crippen LogP contribution >= 0.6 is 0 Å². The summed E-state index contributed by atoms with van der Waals surface area (Å²) in [7, 11) is 0. The highest BCUT2D eigenvalue weighted by Gasteiger charge is 2.79. The molecule has 0 radical (unpaired) electrons. The molecule has 8 fully saturated rings. The average Bonchev–Trinajstić information content (AvgIpc) is 3.55. The van der Waals surface area contributed by atoms with Crippen LogP contribution in [0.5, 0.6) is 5.75 Å². The van der Waals surface area contributed by atoms with Crippen molar-refractivity contribution < 1.29 is 29.6 Å². The van der Waals surface area contributed by atoms with Crippen LogP contribution in [0.15, 0.2) is 59.7 Å². The molecular weight excluding hydrogens is 773 g/mol. The fraction of sp³-hybridized carbons (Fsp3) is 0.704. The zero-order chi connectivity index (χ0) is 44.0. The Morgan fingerprint density at radius 1 is 0.903 bits per heavy atom. The molecule has 7 aliphatic carbocycles. The van der Waals surface area contributed by atoms with Gasteiger partial charge in [0.25, 0.3) is 0 Å². The molecule has 2 saturated heterocycles. The number of carbonyl (C=O) groups is 2. The maximum Gasteiger partial charge on any atom is 0.159 e. The van der Waals surface area contributed by atoms with E-state index in [9.17, 15) is 20.1 Å². The molecule has 62 heavy (non-hydrogen) atoms. The maximum absolute atomic E-state index is 15.7. The summed E-state index contributed by atoms with van der Waals surface area (Å²) in [5.41, 5.74) is 7.43. The number of carbonyl (C=O) groups excluding carboxylic acids is 2. The predicted octanol–water partition coefficient (Wildman–Crippen LogP) is 9.49. The molecule has 8 heteroatoms. The van der Waals surface area contributed by atoms with Crippen molar-refractivity contribution in [2.24, 2.45) is 45.3 Å². The van der Waals surface area contributed by atoms with E-state index in [0.717, 1.165) is 87.5 Å². The number of ketones is 2. The van der Waals surface area contributed by atoms with Gasteiger partial charge in [-0.1, -0.05) is 83.7 Å². The Hall–Kier alpha value is -3.04. The third-order valence-electron chi connectivity index (χ3n) is 20.3. The van der Waals surface area contributed by atoms with Crippen molar-refractivity contribution in [3.63, 3.8) is 0 Å². The summed E-state index contributed by atoms with van der Waals surface area (Å²) < 4.78 is 6.53. The van der Waals surface area contributed by atoms with Crippen LogP contribution in [0, 0.1) is 45.3 Å². The molecule has 0 amide bonds. The molecule has 8 nitrogen and oxygen atoms in total. The number of aliphatic hydroxyl groups is 2. The van der Waals surface area contributed by atoms with E-state index in [4.69, 9.17) is 10.5 Å². The van der Waals surface area contributed by atoms with Crippen molar-refractivity contribution >= 4 is 17.3 Å². The maximum atomic E-state index is 15.7. The lowest BCUT2D eigenvalue weighted by atomic mass is 9.31. The van der Waals surface area contributed by atoms with E-state index in [1.807, 2.05) is 31.2 Å². The van der Waals surface area contributed by atoms with Gasteiger partial charge in [-0.2, -0.15) is 0 Å². The van der Waals surface area contributed by atoms with Gasteiger partial charge in [0.2, 0.25) is 0 Å². The zero-order valence-electron chi connectivity index (χ0n) is 38.6. The summed E-state index contributed by atoms with van der Waals surface area (Å²) in [5, 5.41) is 38.9. The average molecular weight is 847 g/mol. The first kappa shape index (κ1) is 42.9. The highest BCUT2D eigenvalue weighted by Crippen LogP contribution is 2.80. The van der Waals surface area contributed by atoms with E-state index < -0.39 is 39.1 Å². The number of hydrogen-bond donors (Lipinski definition) is 5. The molecule has 15 atom stereocenters. The van der Waals surface area contributed by atoms with Gasteiger partial charge in [0.1, 0.15) is 17.6 Å². The Labute approximate surface area is 370 Å². The van der Waals surface area contributed by atoms with Crippen LogP contribution in [0.1, 0.15) is 162 Å². The second kappa shape index (κ2) is 14.0. The molecule has 2 aromatic carbocycles. The normalized spacial score (nSPS) is 47.1. The number of anilines is 1. The molecule has 6 saturated carbocycles. The molecule has 0 aromatic heterocycles. The Kier molecular flexibility index (Phi) is 9.67. The van der Waals surface area contributed by atoms with Gasteiger partial charge in [-0.15, -0.1) is 0 Å². The number of phenols is 1. The highest BCUT2D eigenvalue weighted by atomic mass is 16.6. The van der Waals surface area contributed by atoms with Crippen LogP contribution in [-0.4, -0.2) is 62.4 Å². The quantitative estimate of drug-likeness (QED) is 0.137. The van der Waals surface area contributed by atoms with Gasteiger partial charge in [0.05, 0.1) is 22.7 Å². The first-order valence-corrected chi connectivity index (χ1v) is 24.5. The number of phenolic OH excluding ortho intramolecular Hbond substituents is 1. The molecule has 6 N–H and O–H groups in total. The van der Waals surface area contributed by atoms with E-state index in [1.54, 1.807) is 6.07 Å². The Balaban J connectivity index is 1.00. The predicted molar refractivity (Wildman–Crippen MR) is 242 cm³/mol. The fourth-order valence-corrected chi connectivity index (χ4v) is 17.9. The summed E-state index contributed by atoms with van der Waals surface area (Å²) >= 11 is 0. The van der Waals surface area contributed by atoms with Crippen molar-refractivity contribution in [2.75, 3.05) is 12.3 Å². The number of epoxide rings is 1. The number of nitrogen functional groups attached to an aromatic ring is 1. The van der Waals surface area contributed by atoms with Gasteiger partial charge in [-0.3, -0.25) is 9.59 Å². The SMILES string of the molecule is C[C@H](C[C@@H](O)[C@H]1O[C@]1(C)[C@@H]1CCC[C@H]1c1cccc(N)c1)C1=C2CC[C@@H]3[C@]4(C)C[C@]5(c6cccc(O)c6)CC[C@@]6(C[C@]3(C)[C@@]2(C)CC1=O)NC[C@@](C)(O)CCCC[C@@](C)(C5=O)[C@H]64. The van der Waals surface area contributed by atoms with E-state index in [-0.39, 0.29) is 46.2 Å². The lowest BCUT2D eigenvalue weighted by molar-refractivity contribution is -0.218. The number of hydrogen-bond acceptors (Lipinski definition) is 8. The van der Waals surface area contributed by atoms with Crippen LogP contribution in [0.4, 0.5) is 5.69 Å². The molecule has 2 aliphatic heterocycles. The van der Waals surface area contributed by atoms with Crippen molar-refractivity contribution in [3.05, 3.63) is 70.8 Å². The first-order chi connectivity index (χ1) is 29.2. The van der Waals surface area contributed by atoms with Gasteiger partial charge < -0.3 is 31.1 Å². The van der Waals surface area contributed by atoms with Crippen LogP contribution in [0.3, 0.4) is 0 Å². The number of rotatable bonds is 7. The van der Waals surface area contributed by atoms with Crippen LogP contribution in [0.25, 0.3) is 0 Å². The van der Waals surface area contributed by atoms with Gasteiger partial charge in [-0.05, 0) is 166 Å². The molecule has 336 valence electrons. The van der Waals surface area contributed by atoms with Crippen LogP contribution < -0.4 is 11.1 Å². The van der Waals surface area contributed by atoms with Crippen molar-refractivity contribution in [2.45, 2.75) is 185 Å². The van der Waals surface area contributed by atoms with Crippen molar-refractivity contribution in [1.29, 1.82) is 0 Å². The smallest absolute Gasteiger partial charge is 0.159 e. The number of Topliss-reactive ketones (excluding diaryl/α,β-unsaturated/α-hetero) is 2. The van der Waals surface area contributed by atoms with Crippen molar-refractivity contribution in [3.8, 4) is 5.75 Å². The molecule has 2 aromatic rings. The Morgan fingerprint density at radius 3 is 2.42 bits per heavy atom. The van der Waals surface area contributed by atoms with Crippen LogP contribution in [-0.2, 0) is 19.7 Å². The minimum Gasteiger partial charge on any atom is -0.508 e. The minimum absolute atomic E-state index is 0.0567. The Morgan fingerprint density at radius 2 is 1.66 bits per heavy atom. The number of benzene rings is 2. The number of aliphatic hydroxyl groups excluding tert-OH is 1. The molecule has 2 heterocycles. The summed E-state index contributed by atoms with van der Waals surface area (Å²) in [6.07, 6.45) is 11.4. The van der Waals surface area contributed by atoms with E-state index in [2.05, 4.69) is 65.1 Å². The number of ether oxygens (including phenoxy) is 1. The highest BCUT2D eigenvalue weighted by molar-refractivity contribution is 6.01. The molecule has 9 aliphatic rings. The number of β-amino-alcohol motifs (C(OH)–C–C–N with tert-alkyl or cyclic N) is 1. The summed E-state index contributed by atoms with van der Waals surface area (Å²) in [6.45, 7) is 16.5. The van der Waals surface area contributed by atoms with Gasteiger partial charge in [0, 0.05) is 35.0 Å². The molecular formula is C54H74N2O6. The third kappa shape index (κ3) is 5.89. The van der Waals surface area contributed by atoms with E-state index in [1.165, 1.54) is 11.1 Å². The standard InChI is InChI=1S/C54H74N2O6/c1-32(25-40(58)44-52(7,62-44)38-18-12-17-37(38)33-13-10-15-35(55)26-33)43-39-19-20-42-49(4)29-53(34-14-11-16-36(57)27-34)23-24-54(30-51(42,6)50(39,5)28-41(43)59)45(49)48(3,46(53)60)22-9-8-21-47(2,61)31-56-54/h10-11,13-16,26-27,32,37-38,40,42,44-45,56-58,61H,8-9,12,17-25,28-31,55H2,1-7H3/t32-,37+,38-,40-,42-,44-,45+,47+,48-,49+,50+,51+,52-,53+,54+/m1/s1. The van der Waals surface area contributed by atoms with Crippen molar-refractivity contribution in [1.82, 2.24) is 5.32 Å². The molecule has 0 spiro atoms. The lowest BCUT2D eigenvalue weighted by Crippen LogP contribution is -2.75. The van der Waals surface area contributed by atoms with Crippen LogP contribution in [0.2, 0.25) is 0 Å². The molecule has 11 rings (SSSR count). The summed E-state index contributed by atoms with van der Waals surface area (Å²) in [4.78, 5) is 30.5. The minimum atomic E-state index is -0.877. The van der Waals surface area contributed by atoms with E-state index in [0.29, 0.717) is 49.8 Å². The number of nitrogens with two attached hydrogens (primary N) is 1. The fourth-order valence-electron chi connectivity index (χ4n) is 17.9. The topological polar surface area (TPSA) is 145 Å². The number of nitrogens with one attached hydrogen (secondary N) is 1. The molecule has 5 bridgehead atoms. The largest absolute Gasteiger partial charge is 0.508 e. The summed E-state index contributed by atoms with van der Waals surface area (Å²) in [6, 6.07) is 15.8. The third-order valence-corrected chi connectivity index (χ3v) is 20.3. The molecule has 0 unspecified atom stereocenters. The zero-order valence-corrected chi connectivity index (χ0v) is 38.6. The second-order valence-electron chi connectivity index (χ2n) is 24.0. The number of aromatic hydroxyl groups is 1. The van der Waals surface area contributed by atoms with E-state index >= 15 is 4.79 Å². The number of allylic oxidation sites excluding steroid dienone is 2. The second-order valence-corrected chi connectivity index (χ2v) is 24.0. The lowest BCUT2D eigenvalue weighted by Gasteiger charge is -2.73. The summed E-state index contributed by atoms with van der Waals surface area (Å²) in [5.74, 6) is 1.64.